The van der Waals surface area contributed by atoms with Crippen LogP contribution in [-0.4, -0.2) is 58.7 Å². The second-order valence-corrected chi connectivity index (χ2v) is 4.47. The Morgan fingerprint density at radius 2 is 1.75 bits per heavy atom. The van der Waals surface area contributed by atoms with Gasteiger partial charge in [0.1, 0.15) is 5.82 Å². The van der Waals surface area contributed by atoms with Crippen molar-refractivity contribution in [1.29, 1.82) is 0 Å². The van der Waals surface area contributed by atoms with Gasteiger partial charge in [-0.3, -0.25) is 14.4 Å². The molecule has 1 aliphatic heterocycles. The van der Waals surface area contributed by atoms with Crippen molar-refractivity contribution in [3.8, 4) is 0 Å². The Bertz CT molecular complexity index is 510. The number of carbonyl (C=O) groups is 3. The normalized spacial score (nSPS) is 14.8. The maximum atomic E-state index is 12.0. The summed E-state index contributed by atoms with van der Waals surface area (Å²) in [6.45, 7) is 3.14. The van der Waals surface area contributed by atoms with Gasteiger partial charge in [0.15, 0.2) is 0 Å². The highest BCUT2D eigenvalue weighted by molar-refractivity contribution is 6.39. The third-order valence-electron chi connectivity index (χ3n) is 3.11. The van der Waals surface area contributed by atoms with E-state index < -0.39 is 11.8 Å². The molecule has 0 aliphatic carbocycles. The zero-order valence-corrected chi connectivity index (χ0v) is 11.2. The molecule has 1 N–H and O–H groups in total. The van der Waals surface area contributed by atoms with Crippen LogP contribution in [0, 0.1) is 0 Å². The van der Waals surface area contributed by atoms with Gasteiger partial charge in [-0.2, -0.15) is 0 Å². The molecule has 0 atom stereocenters. The number of amides is 3. The molecule has 7 heteroatoms. The molecule has 1 saturated heterocycles. The van der Waals surface area contributed by atoms with Gasteiger partial charge in [-0.05, 0) is 12.1 Å². The molecule has 0 spiro atoms. The van der Waals surface area contributed by atoms with Gasteiger partial charge in [-0.25, -0.2) is 4.98 Å². The minimum atomic E-state index is -0.708. The summed E-state index contributed by atoms with van der Waals surface area (Å²) < 4.78 is 0. The minimum absolute atomic E-state index is 0.0185. The monoisotopic (exact) mass is 276 g/mol. The van der Waals surface area contributed by atoms with E-state index in [2.05, 4.69) is 10.3 Å². The van der Waals surface area contributed by atoms with E-state index in [9.17, 15) is 14.4 Å². The van der Waals surface area contributed by atoms with Crippen LogP contribution in [0.5, 0.6) is 0 Å². The van der Waals surface area contributed by atoms with Crippen LogP contribution in [0.15, 0.2) is 24.4 Å². The lowest BCUT2D eigenvalue weighted by Gasteiger charge is -2.33. The lowest BCUT2D eigenvalue weighted by atomic mass is 10.3. The summed E-state index contributed by atoms with van der Waals surface area (Å²) in [6, 6.07) is 5.05. The molecule has 3 amide bonds. The van der Waals surface area contributed by atoms with Gasteiger partial charge in [0, 0.05) is 39.3 Å². The maximum Gasteiger partial charge on any atom is 0.315 e. The Kier molecular flexibility index (Phi) is 4.29. The molecular formula is C13H16N4O3. The molecule has 0 bridgehead atoms. The molecule has 1 aromatic heterocycles. The van der Waals surface area contributed by atoms with Crippen molar-refractivity contribution in [1.82, 2.24) is 14.8 Å². The standard InChI is InChI=1S/C13H16N4O3/c1-10(18)16-6-8-17(9-7-16)13(20)12(19)15-11-4-2-3-5-14-11/h2-5H,6-9H2,1H3,(H,14,15,19). The largest absolute Gasteiger partial charge is 0.339 e. The first-order chi connectivity index (χ1) is 9.58. The first kappa shape index (κ1) is 14.0. The number of carbonyl (C=O) groups excluding carboxylic acids is 3. The molecule has 2 heterocycles. The number of pyridine rings is 1. The van der Waals surface area contributed by atoms with Gasteiger partial charge in [0.05, 0.1) is 0 Å². The number of rotatable bonds is 1. The van der Waals surface area contributed by atoms with E-state index in [4.69, 9.17) is 0 Å². The molecule has 1 aliphatic rings. The lowest BCUT2D eigenvalue weighted by Crippen LogP contribution is -2.52. The number of nitrogens with zero attached hydrogens (tertiary/aromatic N) is 3. The van der Waals surface area contributed by atoms with Crippen molar-refractivity contribution in [2.24, 2.45) is 0 Å². The van der Waals surface area contributed by atoms with Crippen LogP contribution in [0.3, 0.4) is 0 Å². The van der Waals surface area contributed by atoms with Crippen LogP contribution in [0.1, 0.15) is 6.92 Å². The summed E-state index contributed by atoms with van der Waals surface area (Å²) in [5.41, 5.74) is 0. The highest BCUT2D eigenvalue weighted by atomic mass is 16.2. The first-order valence-corrected chi connectivity index (χ1v) is 6.34. The average Bonchev–Trinajstić information content (AvgIpc) is 2.47. The number of hydrogen-bond acceptors (Lipinski definition) is 4. The number of aromatic nitrogens is 1. The van der Waals surface area contributed by atoms with Crippen molar-refractivity contribution in [2.75, 3.05) is 31.5 Å². The third kappa shape index (κ3) is 3.31. The van der Waals surface area contributed by atoms with Gasteiger partial charge >= 0.3 is 11.8 Å². The predicted molar refractivity (Wildman–Crippen MR) is 71.7 cm³/mol. The SMILES string of the molecule is CC(=O)N1CCN(C(=O)C(=O)Nc2ccccn2)CC1. The molecule has 2 rings (SSSR count). The molecule has 0 unspecified atom stereocenters. The Hall–Kier alpha value is -2.44. The number of anilines is 1. The van der Waals surface area contributed by atoms with E-state index in [0.29, 0.717) is 32.0 Å². The van der Waals surface area contributed by atoms with Gasteiger partial charge in [-0.15, -0.1) is 0 Å². The fraction of sp³-hybridized carbons (Fsp3) is 0.385. The Morgan fingerprint density at radius 3 is 2.30 bits per heavy atom. The van der Waals surface area contributed by atoms with Crippen molar-refractivity contribution in [3.63, 3.8) is 0 Å². The van der Waals surface area contributed by atoms with E-state index in [0.717, 1.165) is 0 Å². The van der Waals surface area contributed by atoms with Crippen LogP contribution in [-0.2, 0) is 14.4 Å². The second-order valence-electron chi connectivity index (χ2n) is 4.47. The molecule has 106 valence electrons. The van der Waals surface area contributed by atoms with E-state index in [1.807, 2.05) is 0 Å². The van der Waals surface area contributed by atoms with Crippen molar-refractivity contribution >= 4 is 23.5 Å². The zero-order chi connectivity index (χ0) is 14.5. The summed E-state index contributed by atoms with van der Waals surface area (Å²) in [7, 11) is 0. The van der Waals surface area contributed by atoms with Crippen molar-refractivity contribution in [2.45, 2.75) is 6.92 Å². The quantitative estimate of drug-likeness (QED) is 0.715. The van der Waals surface area contributed by atoms with Crippen LogP contribution in [0.2, 0.25) is 0 Å². The van der Waals surface area contributed by atoms with Gasteiger partial charge in [-0.1, -0.05) is 6.07 Å². The lowest BCUT2D eigenvalue weighted by molar-refractivity contribution is -0.145. The molecule has 1 aromatic rings. The third-order valence-corrected chi connectivity index (χ3v) is 3.11. The fourth-order valence-corrected chi connectivity index (χ4v) is 1.97. The number of piperazine rings is 1. The van der Waals surface area contributed by atoms with Crippen molar-refractivity contribution < 1.29 is 14.4 Å². The molecule has 20 heavy (non-hydrogen) atoms. The smallest absolute Gasteiger partial charge is 0.315 e. The van der Waals surface area contributed by atoms with E-state index in [1.165, 1.54) is 18.0 Å². The Balaban J connectivity index is 1.89. The number of nitrogens with one attached hydrogen (secondary N) is 1. The highest BCUT2D eigenvalue weighted by Crippen LogP contribution is 2.05. The summed E-state index contributed by atoms with van der Waals surface area (Å²) in [5, 5.41) is 2.45. The van der Waals surface area contributed by atoms with E-state index in [-0.39, 0.29) is 5.91 Å². The summed E-state index contributed by atoms with van der Waals surface area (Å²) in [5.74, 6) is -0.984. The van der Waals surface area contributed by atoms with Crippen LogP contribution in [0.4, 0.5) is 5.82 Å². The maximum absolute atomic E-state index is 12.0. The minimum Gasteiger partial charge on any atom is -0.339 e. The Morgan fingerprint density at radius 1 is 1.10 bits per heavy atom. The first-order valence-electron chi connectivity index (χ1n) is 6.34. The summed E-state index contributed by atoms with van der Waals surface area (Å²) in [6.07, 6.45) is 1.53. The molecule has 0 aromatic carbocycles. The van der Waals surface area contributed by atoms with Crippen LogP contribution in [0.25, 0.3) is 0 Å². The molecule has 7 nitrogen and oxygen atoms in total. The van der Waals surface area contributed by atoms with E-state index >= 15 is 0 Å². The van der Waals surface area contributed by atoms with Gasteiger partial charge in [0.25, 0.3) is 0 Å². The molecule has 1 fully saturated rings. The van der Waals surface area contributed by atoms with Crippen LogP contribution >= 0.6 is 0 Å². The van der Waals surface area contributed by atoms with Gasteiger partial charge in [0.2, 0.25) is 5.91 Å². The topological polar surface area (TPSA) is 82.6 Å². The predicted octanol–water partition coefficient (Wildman–Crippen LogP) is -0.289. The molecular weight excluding hydrogens is 260 g/mol. The Labute approximate surface area is 116 Å². The average molecular weight is 276 g/mol. The van der Waals surface area contributed by atoms with E-state index in [1.54, 1.807) is 23.1 Å². The fourth-order valence-electron chi connectivity index (χ4n) is 1.97. The molecule has 0 saturated carbocycles. The highest BCUT2D eigenvalue weighted by Gasteiger charge is 2.26. The molecule has 0 radical (unpaired) electrons. The van der Waals surface area contributed by atoms with Crippen LogP contribution < -0.4 is 5.32 Å². The second kappa shape index (κ2) is 6.14. The zero-order valence-electron chi connectivity index (χ0n) is 11.2. The summed E-state index contributed by atoms with van der Waals surface area (Å²) in [4.78, 5) is 42.0. The van der Waals surface area contributed by atoms with Crippen molar-refractivity contribution in [3.05, 3.63) is 24.4 Å². The van der Waals surface area contributed by atoms with Gasteiger partial charge < -0.3 is 15.1 Å². The number of hydrogen-bond donors (Lipinski definition) is 1. The summed E-state index contributed by atoms with van der Waals surface area (Å²) >= 11 is 0.